The number of H-pyrrole nitrogens is 1. The highest BCUT2D eigenvalue weighted by Crippen LogP contribution is 2.27. The number of aromatic nitrogens is 2. The zero-order chi connectivity index (χ0) is 17.4. The fraction of sp³-hybridized carbons (Fsp3) is 0.231. The number of carboxylic acid groups (broad SMARTS) is 1. The van der Waals surface area contributed by atoms with Crippen molar-refractivity contribution in [3.8, 4) is 0 Å². The number of hydrogen-bond acceptors (Lipinski definition) is 5. The molecule has 1 aromatic carbocycles. The van der Waals surface area contributed by atoms with Gasteiger partial charge in [-0.15, -0.1) is 0 Å². The van der Waals surface area contributed by atoms with Crippen LogP contribution < -0.4 is 10.5 Å². The van der Waals surface area contributed by atoms with Crippen molar-refractivity contribution in [1.29, 1.82) is 0 Å². The number of carboxylic acids is 1. The molecule has 0 aliphatic heterocycles. The quantitative estimate of drug-likeness (QED) is 0.611. The fourth-order valence-corrected chi connectivity index (χ4v) is 2.83. The van der Waals surface area contributed by atoms with Gasteiger partial charge < -0.3 is 15.8 Å². The van der Waals surface area contributed by atoms with E-state index in [1.807, 2.05) is 13.8 Å². The largest absolute Gasteiger partial charge is 0.478 e. The molecule has 2 rings (SSSR count). The summed E-state index contributed by atoms with van der Waals surface area (Å²) in [4.78, 5) is 17.6. The van der Waals surface area contributed by atoms with Crippen LogP contribution in [0.25, 0.3) is 0 Å². The summed E-state index contributed by atoms with van der Waals surface area (Å²) < 4.78 is 40.1. The summed E-state index contributed by atoms with van der Waals surface area (Å²) in [5.41, 5.74) is 4.32. The van der Waals surface area contributed by atoms with E-state index in [0.717, 1.165) is 12.3 Å². The van der Waals surface area contributed by atoms with E-state index in [-0.39, 0.29) is 22.3 Å². The molecule has 124 valence electrons. The number of nitrogens with two attached hydrogens (primary N) is 1. The summed E-state index contributed by atoms with van der Waals surface area (Å²) in [5, 5.41) is 8.72. The van der Waals surface area contributed by atoms with E-state index in [1.165, 1.54) is 0 Å². The normalized spacial score (nSPS) is 11.7. The molecule has 1 heterocycles. The monoisotopic (exact) mass is 342 g/mol. The van der Waals surface area contributed by atoms with Crippen molar-refractivity contribution in [2.45, 2.75) is 24.8 Å². The van der Waals surface area contributed by atoms with Gasteiger partial charge in [-0.05, 0) is 6.07 Å². The van der Waals surface area contributed by atoms with Crippen molar-refractivity contribution in [3.63, 3.8) is 0 Å². The molecule has 0 spiro atoms. The van der Waals surface area contributed by atoms with Crippen molar-refractivity contribution in [1.82, 2.24) is 9.97 Å². The Morgan fingerprint density at radius 2 is 2.09 bits per heavy atom. The number of hydrogen-bond donors (Lipinski definition) is 4. The molecule has 2 aromatic rings. The molecular weight excluding hydrogens is 327 g/mol. The van der Waals surface area contributed by atoms with E-state index in [2.05, 4.69) is 14.7 Å². The van der Waals surface area contributed by atoms with Crippen LogP contribution in [-0.4, -0.2) is 29.5 Å². The van der Waals surface area contributed by atoms with Gasteiger partial charge >= 0.3 is 5.97 Å². The highest BCUT2D eigenvalue weighted by Gasteiger charge is 2.22. The van der Waals surface area contributed by atoms with Gasteiger partial charge in [0.15, 0.2) is 5.03 Å². The molecular formula is C13H15FN4O4S. The van der Waals surface area contributed by atoms with Crippen LogP contribution in [0.4, 0.5) is 15.8 Å². The van der Waals surface area contributed by atoms with Crippen LogP contribution in [0.1, 0.15) is 35.9 Å². The Kier molecular flexibility index (Phi) is 4.28. The number of nitrogen functional groups attached to an aromatic ring is 1. The minimum absolute atomic E-state index is 0.0168. The molecule has 5 N–H and O–H groups in total. The van der Waals surface area contributed by atoms with E-state index < -0.39 is 27.4 Å². The third-order valence-electron chi connectivity index (χ3n) is 3.03. The van der Waals surface area contributed by atoms with Crippen molar-refractivity contribution in [2.24, 2.45) is 0 Å². The zero-order valence-corrected chi connectivity index (χ0v) is 13.1. The van der Waals surface area contributed by atoms with E-state index in [0.29, 0.717) is 11.9 Å². The molecule has 0 aliphatic rings. The number of imidazole rings is 1. The Bertz CT molecular complexity index is 861. The fourth-order valence-electron chi connectivity index (χ4n) is 1.83. The number of rotatable bonds is 5. The number of aromatic carboxylic acids is 1. The Morgan fingerprint density at radius 3 is 2.61 bits per heavy atom. The van der Waals surface area contributed by atoms with Crippen LogP contribution in [0.15, 0.2) is 23.4 Å². The maximum atomic E-state index is 13.5. The maximum absolute atomic E-state index is 13.5. The van der Waals surface area contributed by atoms with Crippen LogP contribution in [0.3, 0.4) is 0 Å². The number of halogens is 1. The first kappa shape index (κ1) is 16.7. The Hall–Kier alpha value is -2.62. The molecule has 0 radical (unpaired) electrons. The second-order valence-electron chi connectivity index (χ2n) is 5.11. The van der Waals surface area contributed by atoms with Crippen molar-refractivity contribution in [3.05, 3.63) is 35.5 Å². The molecule has 0 aliphatic carbocycles. The molecule has 0 amide bonds. The topological polar surface area (TPSA) is 138 Å². The first-order chi connectivity index (χ1) is 10.6. The van der Waals surface area contributed by atoms with E-state index in [1.54, 1.807) is 0 Å². The number of sulfonamides is 1. The van der Waals surface area contributed by atoms with Gasteiger partial charge in [0.2, 0.25) is 0 Å². The number of nitrogens with one attached hydrogen (secondary N) is 2. The van der Waals surface area contributed by atoms with Crippen molar-refractivity contribution < 1.29 is 22.7 Å². The lowest BCUT2D eigenvalue weighted by atomic mass is 10.1. The number of anilines is 2. The molecule has 0 fully saturated rings. The summed E-state index contributed by atoms with van der Waals surface area (Å²) in [6.07, 6.45) is 1.12. The second kappa shape index (κ2) is 5.88. The van der Waals surface area contributed by atoms with E-state index >= 15 is 0 Å². The Morgan fingerprint density at radius 1 is 1.43 bits per heavy atom. The summed E-state index contributed by atoms with van der Waals surface area (Å²) in [6.45, 7) is 3.65. The minimum Gasteiger partial charge on any atom is -0.478 e. The Labute approximate surface area is 131 Å². The molecule has 0 bridgehead atoms. The predicted molar refractivity (Wildman–Crippen MR) is 81.3 cm³/mol. The van der Waals surface area contributed by atoms with Crippen LogP contribution in [0.2, 0.25) is 0 Å². The van der Waals surface area contributed by atoms with Gasteiger partial charge in [0.05, 0.1) is 23.1 Å². The van der Waals surface area contributed by atoms with Gasteiger partial charge in [-0.2, -0.15) is 8.42 Å². The van der Waals surface area contributed by atoms with Crippen molar-refractivity contribution in [2.75, 3.05) is 10.5 Å². The summed E-state index contributed by atoms with van der Waals surface area (Å²) >= 11 is 0. The smallest absolute Gasteiger partial charge is 0.337 e. The average Bonchev–Trinajstić information content (AvgIpc) is 2.92. The first-order valence-corrected chi connectivity index (χ1v) is 8.00. The number of aromatic amines is 1. The van der Waals surface area contributed by atoms with Crippen LogP contribution in [0.5, 0.6) is 0 Å². The van der Waals surface area contributed by atoms with Crippen LogP contribution in [0, 0.1) is 5.82 Å². The standard InChI is InChI=1S/C13H15FN4O4S/c1-6(2)12-16-5-10(17-12)23(21,22)18-9-4-7(14)3-8(11(9)15)13(19)20/h3-6,18H,15H2,1-2H3,(H,16,17)(H,19,20). The molecule has 0 atom stereocenters. The van der Waals surface area contributed by atoms with Crippen LogP contribution >= 0.6 is 0 Å². The lowest BCUT2D eigenvalue weighted by molar-refractivity contribution is 0.0697. The predicted octanol–water partition coefficient (Wildman–Crippen LogP) is 1.75. The van der Waals surface area contributed by atoms with Crippen molar-refractivity contribution >= 4 is 27.4 Å². The third-order valence-corrected chi connectivity index (χ3v) is 4.30. The van der Waals surface area contributed by atoms with E-state index in [9.17, 15) is 17.6 Å². The number of benzene rings is 1. The average molecular weight is 342 g/mol. The molecule has 0 saturated heterocycles. The lowest BCUT2D eigenvalue weighted by Crippen LogP contribution is -2.16. The number of nitrogens with zero attached hydrogens (tertiary/aromatic N) is 1. The van der Waals surface area contributed by atoms with Gasteiger partial charge in [-0.1, -0.05) is 13.8 Å². The Balaban J connectivity index is 2.42. The minimum atomic E-state index is -4.12. The molecule has 1 aromatic heterocycles. The highest BCUT2D eigenvalue weighted by molar-refractivity contribution is 7.92. The first-order valence-electron chi connectivity index (χ1n) is 6.52. The molecule has 0 unspecified atom stereocenters. The molecule has 10 heteroatoms. The zero-order valence-electron chi connectivity index (χ0n) is 12.3. The summed E-state index contributed by atoms with van der Waals surface area (Å²) in [5.74, 6) is -1.95. The maximum Gasteiger partial charge on any atom is 0.337 e. The highest BCUT2D eigenvalue weighted by atomic mass is 32.2. The molecule has 8 nitrogen and oxygen atoms in total. The summed E-state index contributed by atoms with van der Waals surface area (Å²) in [7, 11) is -4.12. The summed E-state index contributed by atoms with van der Waals surface area (Å²) in [6, 6.07) is 1.52. The van der Waals surface area contributed by atoms with Gasteiger partial charge in [-0.25, -0.2) is 14.2 Å². The third kappa shape index (κ3) is 3.42. The van der Waals surface area contributed by atoms with Crippen LogP contribution in [-0.2, 0) is 10.0 Å². The molecule has 23 heavy (non-hydrogen) atoms. The lowest BCUT2D eigenvalue weighted by Gasteiger charge is -2.11. The van der Waals surface area contributed by atoms with Gasteiger partial charge in [0, 0.05) is 12.0 Å². The SMILES string of the molecule is CC(C)c1ncc(S(=O)(=O)Nc2cc(F)cc(C(=O)O)c2N)[nH]1. The molecule has 0 saturated carbocycles. The number of carbonyl (C=O) groups is 1. The van der Waals surface area contributed by atoms with Gasteiger partial charge in [0.1, 0.15) is 11.6 Å². The van der Waals surface area contributed by atoms with Gasteiger partial charge in [-0.3, -0.25) is 4.72 Å². The second-order valence-corrected chi connectivity index (χ2v) is 6.76. The van der Waals surface area contributed by atoms with E-state index in [4.69, 9.17) is 10.8 Å². The van der Waals surface area contributed by atoms with Gasteiger partial charge in [0.25, 0.3) is 10.0 Å².